The average molecular weight is 433 g/mol. The van der Waals surface area contributed by atoms with Crippen molar-refractivity contribution < 1.29 is 17.5 Å². The third-order valence-corrected chi connectivity index (χ3v) is 5.36. The SMILES string of the molecule is CCCCCCCCCCCCCCCCCCOC(=O)c1ccccc1O.[Ca+2].[H-].[H-]. The summed E-state index contributed by atoms with van der Waals surface area (Å²) in [4.78, 5) is 11.8. The number of para-hydroxylation sites is 1. The van der Waals surface area contributed by atoms with E-state index in [4.69, 9.17) is 4.74 Å². The summed E-state index contributed by atoms with van der Waals surface area (Å²) in [6, 6.07) is 6.52. The van der Waals surface area contributed by atoms with E-state index >= 15 is 0 Å². The fraction of sp³-hybridized carbons (Fsp3) is 0.720. The zero-order valence-corrected chi connectivity index (χ0v) is 21.0. The van der Waals surface area contributed by atoms with E-state index in [1.807, 2.05) is 0 Å². The Labute approximate surface area is 212 Å². The Hall–Kier alpha value is -0.250. The first kappa shape index (κ1) is 28.7. The third-order valence-electron chi connectivity index (χ3n) is 5.36. The van der Waals surface area contributed by atoms with E-state index in [1.165, 1.54) is 96.0 Å². The standard InChI is InChI=1S/C25H42O3.Ca.2H/c1-2-3-4-5-6-7-8-9-10-11-12-13-14-15-16-19-22-28-25(27)23-20-17-18-21-24(23)26;;;/h17-18,20-21,26H,2-16,19,22H2,1H3;;;/q;+2;2*-1. The molecule has 0 radical (unpaired) electrons. The van der Waals surface area contributed by atoms with Crippen molar-refractivity contribution in [2.45, 2.75) is 110 Å². The maximum atomic E-state index is 11.8. The molecule has 0 bridgehead atoms. The van der Waals surface area contributed by atoms with Gasteiger partial charge < -0.3 is 12.7 Å². The van der Waals surface area contributed by atoms with Crippen LogP contribution >= 0.6 is 0 Å². The van der Waals surface area contributed by atoms with Gasteiger partial charge in [-0.3, -0.25) is 0 Å². The molecule has 0 unspecified atom stereocenters. The molecule has 0 amide bonds. The summed E-state index contributed by atoms with van der Waals surface area (Å²) in [6.07, 6.45) is 21.3. The molecular weight excluding hydrogens is 388 g/mol. The molecule has 3 nitrogen and oxygen atoms in total. The van der Waals surface area contributed by atoms with Crippen molar-refractivity contribution in [1.29, 1.82) is 0 Å². The Kier molecular flexibility index (Phi) is 20.8. The second-order valence-electron chi connectivity index (χ2n) is 7.96. The van der Waals surface area contributed by atoms with Gasteiger partial charge in [0.15, 0.2) is 0 Å². The zero-order chi connectivity index (χ0) is 20.3. The number of hydrogen-bond donors (Lipinski definition) is 1. The van der Waals surface area contributed by atoms with Crippen LogP contribution in [0.5, 0.6) is 5.75 Å². The Morgan fingerprint density at radius 3 is 1.62 bits per heavy atom. The summed E-state index contributed by atoms with van der Waals surface area (Å²) in [5.41, 5.74) is 0.249. The van der Waals surface area contributed by atoms with Crippen LogP contribution in [-0.2, 0) is 4.74 Å². The first-order chi connectivity index (χ1) is 13.8. The van der Waals surface area contributed by atoms with Gasteiger partial charge >= 0.3 is 43.7 Å². The minimum atomic E-state index is -0.431. The number of phenols is 1. The van der Waals surface area contributed by atoms with Gasteiger partial charge in [0.25, 0.3) is 0 Å². The molecule has 29 heavy (non-hydrogen) atoms. The van der Waals surface area contributed by atoms with Gasteiger partial charge in [-0.25, -0.2) is 4.79 Å². The molecular formula is C25H44CaO3. The molecule has 0 saturated carbocycles. The number of aromatic hydroxyl groups is 1. The Morgan fingerprint density at radius 2 is 1.17 bits per heavy atom. The summed E-state index contributed by atoms with van der Waals surface area (Å²) < 4.78 is 5.23. The molecule has 1 aromatic carbocycles. The molecule has 0 aliphatic heterocycles. The summed E-state index contributed by atoms with van der Waals surface area (Å²) in [5, 5.41) is 9.62. The van der Waals surface area contributed by atoms with Gasteiger partial charge in [-0.15, -0.1) is 0 Å². The molecule has 1 N–H and O–H groups in total. The summed E-state index contributed by atoms with van der Waals surface area (Å²) in [7, 11) is 0. The number of ether oxygens (including phenoxy) is 1. The topological polar surface area (TPSA) is 46.5 Å². The maximum absolute atomic E-state index is 11.8. The second kappa shape index (κ2) is 21.0. The molecule has 0 fully saturated rings. The van der Waals surface area contributed by atoms with Gasteiger partial charge in [0.1, 0.15) is 11.3 Å². The molecule has 0 aromatic heterocycles. The Morgan fingerprint density at radius 1 is 0.759 bits per heavy atom. The molecule has 164 valence electrons. The Balaban J connectivity index is -0.00000261. The smallest absolute Gasteiger partial charge is 1.00 e. The van der Waals surface area contributed by atoms with Crippen molar-refractivity contribution >= 4 is 43.7 Å². The number of rotatable bonds is 18. The van der Waals surface area contributed by atoms with Crippen LogP contribution in [0.2, 0.25) is 0 Å². The number of phenolic OH excluding ortho intramolecular Hbond substituents is 1. The number of unbranched alkanes of at least 4 members (excludes halogenated alkanes) is 15. The summed E-state index contributed by atoms with van der Waals surface area (Å²) in [6.45, 7) is 2.71. The molecule has 0 atom stereocenters. The van der Waals surface area contributed by atoms with Crippen LogP contribution in [0.3, 0.4) is 0 Å². The predicted molar refractivity (Wildman–Crippen MR) is 126 cm³/mol. The normalized spacial score (nSPS) is 10.5. The fourth-order valence-electron chi connectivity index (χ4n) is 3.54. The van der Waals surface area contributed by atoms with Crippen molar-refractivity contribution in [2.75, 3.05) is 6.61 Å². The summed E-state index contributed by atoms with van der Waals surface area (Å²) in [5.74, 6) is -0.446. The quantitative estimate of drug-likeness (QED) is 0.147. The van der Waals surface area contributed by atoms with Gasteiger partial charge in [0.2, 0.25) is 0 Å². The van der Waals surface area contributed by atoms with Gasteiger partial charge in [-0.1, -0.05) is 115 Å². The molecule has 1 rings (SSSR count). The molecule has 0 spiro atoms. The molecule has 1 aromatic rings. The van der Waals surface area contributed by atoms with Crippen LogP contribution in [0.25, 0.3) is 0 Å². The number of hydrogen-bond acceptors (Lipinski definition) is 3. The zero-order valence-electron chi connectivity index (χ0n) is 20.8. The van der Waals surface area contributed by atoms with Crippen LogP contribution in [0.4, 0.5) is 0 Å². The largest absolute Gasteiger partial charge is 2.00 e. The van der Waals surface area contributed by atoms with Crippen molar-refractivity contribution in [2.24, 2.45) is 0 Å². The average Bonchev–Trinajstić information content (AvgIpc) is 2.70. The number of benzene rings is 1. The van der Waals surface area contributed by atoms with E-state index in [-0.39, 0.29) is 51.9 Å². The van der Waals surface area contributed by atoms with E-state index in [9.17, 15) is 9.90 Å². The van der Waals surface area contributed by atoms with E-state index in [2.05, 4.69) is 6.92 Å². The Bertz CT molecular complexity index is 515. The number of esters is 1. The molecule has 0 aliphatic carbocycles. The first-order valence-corrected chi connectivity index (χ1v) is 11.7. The summed E-state index contributed by atoms with van der Waals surface area (Å²) >= 11 is 0. The van der Waals surface area contributed by atoms with Crippen LogP contribution in [0, 0.1) is 0 Å². The molecule has 0 heterocycles. The van der Waals surface area contributed by atoms with Gasteiger partial charge in [-0.05, 0) is 18.6 Å². The van der Waals surface area contributed by atoms with Crippen molar-refractivity contribution in [1.82, 2.24) is 0 Å². The van der Waals surface area contributed by atoms with E-state index in [0.717, 1.165) is 12.8 Å². The van der Waals surface area contributed by atoms with E-state index in [0.29, 0.717) is 6.61 Å². The minimum absolute atomic E-state index is 0. The monoisotopic (exact) mass is 432 g/mol. The first-order valence-electron chi connectivity index (χ1n) is 11.7. The number of carbonyl (C=O) groups excluding carboxylic acids is 1. The molecule has 0 aliphatic rings. The van der Waals surface area contributed by atoms with Crippen molar-refractivity contribution in [3.05, 3.63) is 29.8 Å². The predicted octanol–water partition coefficient (Wildman–Crippen LogP) is 7.65. The van der Waals surface area contributed by atoms with Crippen molar-refractivity contribution in [3.8, 4) is 5.75 Å². The van der Waals surface area contributed by atoms with Crippen molar-refractivity contribution in [3.63, 3.8) is 0 Å². The molecule has 4 heteroatoms. The van der Waals surface area contributed by atoms with Gasteiger partial charge in [0, 0.05) is 0 Å². The third kappa shape index (κ3) is 16.2. The fourth-order valence-corrected chi connectivity index (χ4v) is 3.54. The van der Waals surface area contributed by atoms with E-state index in [1.54, 1.807) is 18.2 Å². The van der Waals surface area contributed by atoms with Gasteiger partial charge in [-0.2, -0.15) is 0 Å². The van der Waals surface area contributed by atoms with Crippen LogP contribution < -0.4 is 0 Å². The second-order valence-corrected chi connectivity index (χ2v) is 7.96. The van der Waals surface area contributed by atoms with Gasteiger partial charge in [0.05, 0.1) is 6.61 Å². The van der Waals surface area contributed by atoms with Crippen LogP contribution in [0.1, 0.15) is 123 Å². The maximum Gasteiger partial charge on any atom is 2.00 e. The van der Waals surface area contributed by atoms with E-state index < -0.39 is 5.97 Å². The molecule has 0 saturated heterocycles. The van der Waals surface area contributed by atoms with Crippen LogP contribution in [0.15, 0.2) is 24.3 Å². The van der Waals surface area contributed by atoms with Crippen LogP contribution in [-0.4, -0.2) is 55.4 Å². The minimum Gasteiger partial charge on any atom is -1.00 e. The number of carbonyl (C=O) groups is 1.